The van der Waals surface area contributed by atoms with Crippen molar-refractivity contribution in [1.29, 1.82) is 0 Å². The van der Waals surface area contributed by atoms with E-state index in [0.717, 1.165) is 0 Å². The number of nitrogens with zero attached hydrogens (tertiary/aromatic N) is 2. The fourth-order valence-electron chi connectivity index (χ4n) is 8.31. The van der Waals surface area contributed by atoms with Crippen molar-refractivity contribution in [2.24, 2.45) is 0 Å². The number of unbranched alkanes of at least 4 members (excludes halogenated alkanes) is 36. The summed E-state index contributed by atoms with van der Waals surface area (Å²) in [6.07, 6.45) is 63.4. The maximum atomic E-state index is 2.73. The van der Waals surface area contributed by atoms with Crippen LogP contribution in [0.5, 0.6) is 0 Å². The van der Waals surface area contributed by atoms with Crippen LogP contribution >= 0.6 is 0 Å². The first-order valence-corrected chi connectivity index (χ1v) is 24.0. The normalized spacial score (nSPS) is 14.5. The van der Waals surface area contributed by atoms with Crippen molar-refractivity contribution in [2.75, 3.05) is 13.1 Å². The van der Waals surface area contributed by atoms with Crippen LogP contribution in [0.1, 0.15) is 278 Å². The summed E-state index contributed by atoms with van der Waals surface area (Å²) in [5.41, 5.74) is 0. The van der Waals surface area contributed by atoms with Gasteiger partial charge in [0.15, 0.2) is 0 Å². The third-order valence-corrected chi connectivity index (χ3v) is 11.8. The molecule has 0 saturated heterocycles. The zero-order valence-electron chi connectivity index (χ0n) is 35.3. The highest BCUT2D eigenvalue weighted by Gasteiger charge is 2.24. The van der Waals surface area contributed by atoms with E-state index in [-0.39, 0.29) is 0 Å². The molecule has 0 N–H and O–H groups in total. The lowest BCUT2D eigenvalue weighted by atomic mass is 10.0. The standard InChI is InChI=1S/C48H96N2/c1-4-7-10-13-16-19-21-23-25-26-27-29-31-33-36-39-42-45-50-47-46-49(48(50)43-40-37-34-18-15-12-9-6-3)44-41-38-35-32-30-28-24-22-20-17-14-11-8-5-2/h46-48H,4-45H2,1-3H3. The molecule has 1 atom stereocenters. The van der Waals surface area contributed by atoms with Gasteiger partial charge in [0.05, 0.1) is 0 Å². The van der Waals surface area contributed by atoms with Gasteiger partial charge in [-0.25, -0.2) is 0 Å². The fraction of sp³-hybridized carbons (Fsp3) is 0.958. The van der Waals surface area contributed by atoms with Gasteiger partial charge in [-0.05, 0) is 25.7 Å². The molecule has 1 heterocycles. The van der Waals surface area contributed by atoms with Crippen molar-refractivity contribution in [3.63, 3.8) is 0 Å². The summed E-state index contributed by atoms with van der Waals surface area (Å²) in [4.78, 5) is 5.46. The van der Waals surface area contributed by atoms with Gasteiger partial charge < -0.3 is 9.80 Å². The van der Waals surface area contributed by atoms with Gasteiger partial charge in [0.25, 0.3) is 0 Å². The molecule has 0 aromatic carbocycles. The topological polar surface area (TPSA) is 6.48 Å². The van der Waals surface area contributed by atoms with Crippen LogP contribution in [0.2, 0.25) is 0 Å². The maximum Gasteiger partial charge on any atom is 0.101 e. The molecule has 0 saturated carbocycles. The van der Waals surface area contributed by atoms with Gasteiger partial charge in [0.2, 0.25) is 0 Å². The van der Waals surface area contributed by atoms with E-state index in [1.165, 1.54) is 270 Å². The highest BCUT2D eigenvalue weighted by molar-refractivity contribution is 4.97. The first kappa shape index (κ1) is 47.4. The first-order valence-electron chi connectivity index (χ1n) is 24.0. The summed E-state index contributed by atoms with van der Waals surface area (Å²) < 4.78 is 0. The summed E-state index contributed by atoms with van der Waals surface area (Å²) in [6.45, 7) is 9.49. The second-order valence-electron chi connectivity index (χ2n) is 16.8. The summed E-state index contributed by atoms with van der Waals surface area (Å²) in [5, 5.41) is 0. The Morgan fingerprint density at radius 2 is 0.460 bits per heavy atom. The van der Waals surface area contributed by atoms with E-state index in [4.69, 9.17) is 0 Å². The largest absolute Gasteiger partial charge is 0.356 e. The molecule has 2 heteroatoms. The van der Waals surface area contributed by atoms with Crippen molar-refractivity contribution in [3.8, 4) is 0 Å². The summed E-state index contributed by atoms with van der Waals surface area (Å²) in [5.74, 6) is 0. The van der Waals surface area contributed by atoms with Crippen LogP contribution in [0.3, 0.4) is 0 Å². The molecule has 2 nitrogen and oxygen atoms in total. The van der Waals surface area contributed by atoms with Gasteiger partial charge in [-0.15, -0.1) is 0 Å². The molecule has 0 aromatic heterocycles. The molecular formula is C48H96N2. The van der Waals surface area contributed by atoms with Crippen molar-refractivity contribution < 1.29 is 0 Å². The van der Waals surface area contributed by atoms with Gasteiger partial charge >= 0.3 is 0 Å². The smallest absolute Gasteiger partial charge is 0.101 e. The van der Waals surface area contributed by atoms with Crippen LogP contribution in [0.15, 0.2) is 12.4 Å². The highest BCUT2D eigenvalue weighted by atomic mass is 15.4. The minimum atomic E-state index is 0.637. The van der Waals surface area contributed by atoms with Gasteiger partial charge in [0, 0.05) is 25.5 Å². The first-order chi connectivity index (χ1) is 24.8. The van der Waals surface area contributed by atoms with E-state index in [0.29, 0.717) is 6.17 Å². The Labute approximate surface area is 318 Å². The van der Waals surface area contributed by atoms with E-state index in [1.807, 2.05) is 0 Å². The lowest BCUT2D eigenvalue weighted by molar-refractivity contribution is 0.135. The summed E-state index contributed by atoms with van der Waals surface area (Å²) >= 11 is 0. The van der Waals surface area contributed by atoms with Crippen LogP contribution in [0.25, 0.3) is 0 Å². The minimum Gasteiger partial charge on any atom is -0.356 e. The Morgan fingerprint density at radius 3 is 0.700 bits per heavy atom. The van der Waals surface area contributed by atoms with E-state index in [2.05, 4.69) is 43.0 Å². The van der Waals surface area contributed by atoms with Crippen molar-refractivity contribution in [2.45, 2.75) is 284 Å². The molecule has 0 bridgehead atoms. The molecule has 1 rings (SSSR count). The Hall–Kier alpha value is -0.660. The average molecular weight is 701 g/mol. The van der Waals surface area contributed by atoms with E-state index in [1.54, 1.807) is 0 Å². The Bertz CT molecular complexity index is 659. The number of rotatable bonds is 42. The quantitative estimate of drug-likeness (QED) is 0.0585. The molecular weight excluding hydrogens is 605 g/mol. The molecule has 1 aliphatic heterocycles. The van der Waals surface area contributed by atoms with Crippen molar-refractivity contribution in [3.05, 3.63) is 12.4 Å². The molecule has 0 aromatic rings. The average Bonchev–Trinajstić information content (AvgIpc) is 3.51. The fourth-order valence-corrected chi connectivity index (χ4v) is 8.31. The third-order valence-electron chi connectivity index (χ3n) is 11.8. The van der Waals surface area contributed by atoms with E-state index < -0.39 is 0 Å². The van der Waals surface area contributed by atoms with Gasteiger partial charge in [-0.3, -0.25) is 0 Å². The molecule has 0 spiro atoms. The van der Waals surface area contributed by atoms with E-state index in [9.17, 15) is 0 Å². The van der Waals surface area contributed by atoms with Gasteiger partial charge in [-0.2, -0.15) is 0 Å². The summed E-state index contributed by atoms with van der Waals surface area (Å²) in [7, 11) is 0. The lowest BCUT2D eigenvalue weighted by Crippen LogP contribution is -2.39. The molecule has 50 heavy (non-hydrogen) atoms. The third kappa shape index (κ3) is 30.9. The second kappa shape index (κ2) is 39.5. The molecule has 0 radical (unpaired) electrons. The van der Waals surface area contributed by atoms with Crippen molar-refractivity contribution >= 4 is 0 Å². The van der Waals surface area contributed by atoms with E-state index >= 15 is 0 Å². The molecule has 298 valence electrons. The van der Waals surface area contributed by atoms with Crippen LogP contribution in [-0.2, 0) is 0 Å². The van der Waals surface area contributed by atoms with Gasteiger partial charge in [-0.1, -0.05) is 252 Å². The number of hydrogen-bond acceptors (Lipinski definition) is 2. The summed E-state index contributed by atoms with van der Waals surface area (Å²) in [6, 6.07) is 0. The van der Waals surface area contributed by atoms with Crippen LogP contribution < -0.4 is 0 Å². The van der Waals surface area contributed by atoms with Gasteiger partial charge in [0.1, 0.15) is 6.17 Å². The zero-order valence-corrected chi connectivity index (χ0v) is 35.3. The van der Waals surface area contributed by atoms with Crippen LogP contribution in [0, 0.1) is 0 Å². The highest BCUT2D eigenvalue weighted by Crippen LogP contribution is 2.24. The maximum absolute atomic E-state index is 2.73. The van der Waals surface area contributed by atoms with Crippen LogP contribution in [0.4, 0.5) is 0 Å². The zero-order chi connectivity index (χ0) is 35.8. The molecule has 0 aliphatic carbocycles. The SMILES string of the molecule is CCCCCCCCCCCCCCCCCCCN1C=CN(CCCCCCCCCCCCCCCC)C1CCCCCCCCCC. The Morgan fingerprint density at radius 1 is 0.260 bits per heavy atom. The lowest BCUT2D eigenvalue weighted by Gasteiger charge is -2.33. The predicted molar refractivity (Wildman–Crippen MR) is 228 cm³/mol. The Kier molecular flexibility index (Phi) is 37.5. The van der Waals surface area contributed by atoms with Crippen LogP contribution in [-0.4, -0.2) is 29.1 Å². The molecule has 1 aliphatic rings. The monoisotopic (exact) mass is 701 g/mol. The molecule has 0 fully saturated rings. The second-order valence-corrected chi connectivity index (χ2v) is 16.8. The number of hydrogen-bond donors (Lipinski definition) is 0. The minimum absolute atomic E-state index is 0.637. The molecule has 0 amide bonds. The van der Waals surface area contributed by atoms with Crippen molar-refractivity contribution in [1.82, 2.24) is 9.80 Å². The molecule has 1 unspecified atom stereocenters. The predicted octanol–water partition coefficient (Wildman–Crippen LogP) is 17.1. The Balaban J connectivity index is 2.14.